The summed E-state index contributed by atoms with van der Waals surface area (Å²) in [5.41, 5.74) is 0. The van der Waals surface area contributed by atoms with Crippen LogP contribution in [0.2, 0.25) is 5.32 Å². The molecule has 0 N–H and O–H groups in total. The van der Waals surface area contributed by atoms with E-state index in [4.69, 9.17) is 4.74 Å². The van der Waals surface area contributed by atoms with E-state index in [1.807, 2.05) is 35.7 Å². The van der Waals surface area contributed by atoms with E-state index in [-0.39, 0.29) is 0 Å². The van der Waals surface area contributed by atoms with Gasteiger partial charge in [0, 0.05) is 0 Å². The number of hydrogen-bond donors (Lipinski definition) is 0. The minimum absolute atomic E-state index is 0.553. The van der Waals surface area contributed by atoms with E-state index >= 15 is 0 Å². The van der Waals surface area contributed by atoms with Crippen molar-refractivity contribution in [3.05, 3.63) is 72.8 Å². The van der Waals surface area contributed by atoms with Gasteiger partial charge in [0.2, 0.25) is 0 Å². The molecule has 27 heavy (non-hydrogen) atoms. The van der Waals surface area contributed by atoms with Gasteiger partial charge in [0.15, 0.2) is 0 Å². The Labute approximate surface area is 177 Å². The summed E-state index contributed by atoms with van der Waals surface area (Å²) >= 11 is 4.26. The fraction of sp³-hybridized carbons (Fsp3) is 0.217. The summed E-state index contributed by atoms with van der Waals surface area (Å²) in [5.74, 6) is 0.894. The van der Waals surface area contributed by atoms with Crippen LogP contribution in [0.3, 0.4) is 0 Å². The molecule has 0 saturated carbocycles. The zero-order valence-electron chi connectivity index (χ0n) is 15.7. The van der Waals surface area contributed by atoms with Gasteiger partial charge in [-0.25, -0.2) is 0 Å². The molecule has 0 amide bonds. The molecule has 0 aliphatic heterocycles. The number of hydrogen-bond acceptors (Lipinski definition) is 3. The van der Waals surface area contributed by atoms with Crippen LogP contribution in [0.4, 0.5) is 0 Å². The van der Waals surface area contributed by atoms with Crippen molar-refractivity contribution in [3.8, 4) is 5.75 Å². The van der Waals surface area contributed by atoms with Crippen LogP contribution < -0.4 is 9.20 Å². The standard InChI is InChI=1S/C23H24OS2Se/c1-3-4-17-27-23-12-8-7-11-22(23)26-21-10-6-5-9-20(21)25-19-15-13-18(24-2)14-16-19/h5-16H,3-4,17H2,1-2H3. The summed E-state index contributed by atoms with van der Waals surface area (Å²) in [5, 5.41) is 1.32. The van der Waals surface area contributed by atoms with E-state index in [0.717, 1.165) is 5.75 Å². The molecule has 3 aromatic rings. The van der Waals surface area contributed by atoms with Gasteiger partial charge in [-0.2, -0.15) is 0 Å². The van der Waals surface area contributed by atoms with Gasteiger partial charge in [0.25, 0.3) is 0 Å². The van der Waals surface area contributed by atoms with Gasteiger partial charge in [-0.1, -0.05) is 0 Å². The maximum absolute atomic E-state index is 5.26. The Bertz CT molecular complexity index is 849. The van der Waals surface area contributed by atoms with Crippen LogP contribution in [-0.4, -0.2) is 22.1 Å². The van der Waals surface area contributed by atoms with Gasteiger partial charge in [-0.05, 0) is 0 Å². The zero-order chi connectivity index (χ0) is 18.9. The molecule has 0 spiro atoms. The second-order valence-corrected chi connectivity index (χ2v) is 10.6. The Hall–Kier alpha value is -1.32. The van der Waals surface area contributed by atoms with Crippen molar-refractivity contribution in [1.82, 2.24) is 0 Å². The Kier molecular flexibility index (Phi) is 8.22. The summed E-state index contributed by atoms with van der Waals surface area (Å²) in [6.45, 7) is 2.27. The topological polar surface area (TPSA) is 9.23 Å². The van der Waals surface area contributed by atoms with Crippen LogP contribution in [-0.2, 0) is 0 Å². The molecule has 0 unspecified atom stereocenters. The molecular formula is C23H24OS2Se. The van der Waals surface area contributed by atoms with Crippen molar-refractivity contribution in [1.29, 1.82) is 0 Å². The summed E-state index contributed by atoms with van der Waals surface area (Å²) in [6.07, 6.45) is 2.60. The molecule has 140 valence electrons. The zero-order valence-corrected chi connectivity index (χ0v) is 19.0. The first kappa shape index (κ1) is 20.4. The van der Waals surface area contributed by atoms with E-state index in [1.165, 1.54) is 42.2 Å². The van der Waals surface area contributed by atoms with Gasteiger partial charge in [0.05, 0.1) is 0 Å². The number of unbranched alkanes of at least 4 members (excludes halogenated alkanes) is 1. The quantitative estimate of drug-likeness (QED) is 0.265. The first-order valence-electron chi connectivity index (χ1n) is 9.10. The Balaban J connectivity index is 1.78. The number of benzene rings is 3. The SMILES string of the molecule is CCCC[Se]c1ccccc1Sc1ccccc1Sc1ccc(OC)cc1. The predicted molar refractivity (Wildman–Crippen MR) is 119 cm³/mol. The van der Waals surface area contributed by atoms with Crippen LogP contribution in [0.15, 0.2) is 92.4 Å². The van der Waals surface area contributed by atoms with Crippen molar-refractivity contribution >= 4 is 42.9 Å². The number of ether oxygens (including phenoxy) is 1. The third-order valence-corrected chi connectivity index (χ3v) is 9.05. The van der Waals surface area contributed by atoms with Crippen LogP contribution in [0.25, 0.3) is 0 Å². The molecule has 0 fully saturated rings. The van der Waals surface area contributed by atoms with Crippen molar-refractivity contribution in [3.63, 3.8) is 0 Å². The van der Waals surface area contributed by atoms with Gasteiger partial charge in [-0.15, -0.1) is 0 Å². The van der Waals surface area contributed by atoms with Crippen LogP contribution in [0, 0.1) is 0 Å². The molecule has 0 heterocycles. The van der Waals surface area contributed by atoms with E-state index < -0.39 is 0 Å². The molecule has 3 aromatic carbocycles. The second kappa shape index (κ2) is 10.9. The van der Waals surface area contributed by atoms with Crippen molar-refractivity contribution in [2.75, 3.05) is 7.11 Å². The molecule has 0 aliphatic rings. The van der Waals surface area contributed by atoms with E-state index in [1.54, 1.807) is 7.11 Å². The molecule has 0 radical (unpaired) electrons. The van der Waals surface area contributed by atoms with Crippen molar-refractivity contribution in [2.24, 2.45) is 0 Å². The molecular weight excluding hydrogens is 435 g/mol. The fourth-order valence-electron chi connectivity index (χ4n) is 2.49. The molecule has 0 aromatic heterocycles. The van der Waals surface area contributed by atoms with Gasteiger partial charge >= 0.3 is 178 Å². The fourth-order valence-corrected chi connectivity index (χ4v) is 7.19. The molecule has 4 heteroatoms. The summed E-state index contributed by atoms with van der Waals surface area (Å²) in [4.78, 5) is 5.24. The Morgan fingerprint density at radius 1 is 0.778 bits per heavy atom. The average molecular weight is 460 g/mol. The van der Waals surface area contributed by atoms with Crippen LogP contribution >= 0.6 is 23.5 Å². The molecule has 0 saturated heterocycles. The average Bonchev–Trinajstić information content (AvgIpc) is 2.71. The summed E-state index contributed by atoms with van der Waals surface area (Å²) in [7, 11) is 1.70. The number of rotatable bonds is 9. The van der Waals surface area contributed by atoms with Crippen molar-refractivity contribution < 1.29 is 4.74 Å². The Morgan fingerprint density at radius 2 is 1.41 bits per heavy atom. The maximum atomic E-state index is 5.26. The van der Waals surface area contributed by atoms with Crippen LogP contribution in [0.5, 0.6) is 5.75 Å². The van der Waals surface area contributed by atoms with Crippen molar-refractivity contribution in [2.45, 2.75) is 44.7 Å². The predicted octanol–water partition coefficient (Wildman–Crippen LogP) is 6.55. The van der Waals surface area contributed by atoms with Gasteiger partial charge in [-0.3, -0.25) is 0 Å². The van der Waals surface area contributed by atoms with Gasteiger partial charge < -0.3 is 0 Å². The number of methoxy groups -OCH3 is 1. The minimum atomic E-state index is 0.553. The van der Waals surface area contributed by atoms with Crippen LogP contribution in [0.1, 0.15) is 19.8 Å². The van der Waals surface area contributed by atoms with E-state index in [9.17, 15) is 0 Å². The second-order valence-electron chi connectivity index (χ2n) is 5.98. The summed E-state index contributed by atoms with van der Waals surface area (Å²) in [6, 6.07) is 25.9. The third-order valence-electron chi connectivity index (χ3n) is 3.96. The molecule has 0 atom stereocenters. The molecule has 1 nitrogen and oxygen atoms in total. The Morgan fingerprint density at radius 3 is 2.07 bits per heavy atom. The van der Waals surface area contributed by atoms with E-state index in [0.29, 0.717) is 15.0 Å². The van der Waals surface area contributed by atoms with E-state index in [2.05, 4.69) is 67.6 Å². The first-order valence-corrected chi connectivity index (χ1v) is 12.8. The molecule has 0 aliphatic carbocycles. The third kappa shape index (κ3) is 6.08. The molecule has 0 bridgehead atoms. The summed E-state index contributed by atoms with van der Waals surface area (Å²) < 4.78 is 6.78. The monoisotopic (exact) mass is 460 g/mol. The molecule has 3 rings (SSSR count). The first-order chi connectivity index (χ1) is 13.3. The normalized spacial score (nSPS) is 10.7. The van der Waals surface area contributed by atoms with Gasteiger partial charge in [0.1, 0.15) is 0 Å².